The minimum atomic E-state index is -0.887. The van der Waals surface area contributed by atoms with Gasteiger partial charge in [0, 0.05) is 11.6 Å². The monoisotopic (exact) mass is 146 g/mol. The number of hydrogen-bond acceptors (Lipinski definition) is 4. The summed E-state index contributed by atoms with van der Waals surface area (Å²) in [6, 6.07) is -0.384. The Labute approximate surface area is 59.8 Å². The first-order chi connectivity index (χ1) is 4.45. The first-order valence-electron chi connectivity index (χ1n) is 3.36. The number of nitrogens with two attached hydrogens (primary N) is 2. The van der Waals surface area contributed by atoms with Gasteiger partial charge in [0.15, 0.2) is 0 Å². The van der Waals surface area contributed by atoms with Crippen LogP contribution in [-0.4, -0.2) is 34.0 Å². The molecule has 1 aliphatic carbocycles. The van der Waals surface area contributed by atoms with Crippen molar-refractivity contribution in [2.75, 3.05) is 0 Å². The quantitative estimate of drug-likeness (QED) is 0.323. The van der Waals surface area contributed by atoms with Gasteiger partial charge in [0.2, 0.25) is 0 Å². The van der Waals surface area contributed by atoms with Gasteiger partial charge in [-0.05, 0) is 13.3 Å². The van der Waals surface area contributed by atoms with Gasteiger partial charge < -0.3 is 21.7 Å². The molecule has 0 amide bonds. The molecule has 0 bridgehead atoms. The van der Waals surface area contributed by atoms with Crippen LogP contribution < -0.4 is 11.5 Å². The van der Waals surface area contributed by atoms with E-state index in [1.54, 1.807) is 6.92 Å². The van der Waals surface area contributed by atoms with Crippen molar-refractivity contribution in [2.24, 2.45) is 11.5 Å². The van der Waals surface area contributed by atoms with Gasteiger partial charge >= 0.3 is 0 Å². The summed E-state index contributed by atoms with van der Waals surface area (Å²) in [5, 5.41) is 18.4. The summed E-state index contributed by atoms with van der Waals surface area (Å²) in [4.78, 5) is 0. The summed E-state index contributed by atoms with van der Waals surface area (Å²) in [5.41, 5.74) is 10.3. The first-order valence-corrected chi connectivity index (χ1v) is 3.36. The molecule has 4 atom stereocenters. The fourth-order valence-electron chi connectivity index (χ4n) is 1.37. The SMILES string of the molecule is C[C@]1(N)CC(N)C(O)C1O. The number of rotatable bonds is 0. The molecular formula is C6H14N2O2. The van der Waals surface area contributed by atoms with E-state index in [0.717, 1.165) is 0 Å². The van der Waals surface area contributed by atoms with Crippen molar-refractivity contribution in [2.45, 2.75) is 37.1 Å². The second kappa shape index (κ2) is 2.17. The fourth-order valence-corrected chi connectivity index (χ4v) is 1.37. The van der Waals surface area contributed by atoms with E-state index in [4.69, 9.17) is 16.6 Å². The Hall–Kier alpha value is -0.160. The molecule has 0 aromatic heterocycles. The lowest BCUT2D eigenvalue weighted by atomic mass is 9.99. The summed E-state index contributed by atoms with van der Waals surface area (Å²) in [7, 11) is 0. The molecule has 10 heavy (non-hydrogen) atoms. The van der Waals surface area contributed by atoms with E-state index in [2.05, 4.69) is 0 Å². The van der Waals surface area contributed by atoms with Crippen LogP contribution >= 0.6 is 0 Å². The van der Waals surface area contributed by atoms with Crippen molar-refractivity contribution in [1.82, 2.24) is 0 Å². The molecule has 1 aliphatic rings. The molecule has 1 saturated carbocycles. The Balaban J connectivity index is 2.71. The number of aliphatic hydroxyl groups excluding tert-OH is 2. The minimum Gasteiger partial charge on any atom is -0.389 e. The Kier molecular flexibility index (Phi) is 1.72. The zero-order valence-corrected chi connectivity index (χ0v) is 5.99. The highest BCUT2D eigenvalue weighted by Gasteiger charge is 2.45. The van der Waals surface area contributed by atoms with Gasteiger partial charge in [0.25, 0.3) is 0 Å². The molecule has 6 N–H and O–H groups in total. The van der Waals surface area contributed by atoms with Crippen molar-refractivity contribution in [3.05, 3.63) is 0 Å². The molecule has 1 fully saturated rings. The van der Waals surface area contributed by atoms with Gasteiger partial charge in [-0.15, -0.1) is 0 Å². The Morgan fingerprint density at radius 1 is 1.50 bits per heavy atom. The lowest BCUT2D eigenvalue weighted by Gasteiger charge is -2.22. The molecular weight excluding hydrogens is 132 g/mol. The third kappa shape index (κ3) is 1.03. The van der Waals surface area contributed by atoms with Crippen molar-refractivity contribution in [3.63, 3.8) is 0 Å². The van der Waals surface area contributed by atoms with Gasteiger partial charge in [-0.3, -0.25) is 0 Å². The maximum atomic E-state index is 9.24. The van der Waals surface area contributed by atoms with Crippen LogP contribution in [0.5, 0.6) is 0 Å². The average Bonchev–Trinajstić information content (AvgIpc) is 1.95. The predicted octanol–water partition coefficient (Wildman–Crippen LogP) is -1.84. The molecule has 4 heteroatoms. The smallest absolute Gasteiger partial charge is 0.0991 e. The van der Waals surface area contributed by atoms with Crippen molar-refractivity contribution >= 4 is 0 Å². The van der Waals surface area contributed by atoms with Crippen LogP contribution in [-0.2, 0) is 0 Å². The summed E-state index contributed by atoms with van der Waals surface area (Å²) in [5.74, 6) is 0. The Morgan fingerprint density at radius 3 is 2.10 bits per heavy atom. The molecule has 0 aromatic rings. The number of aliphatic hydroxyl groups is 2. The summed E-state index contributed by atoms with van der Waals surface area (Å²) >= 11 is 0. The highest BCUT2D eigenvalue weighted by molar-refractivity contribution is 5.04. The normalized spacial score (nSPS) is 55.5. The van der Waals surface area contributed by atoms with Crippen molar-refractivity contribution < 1.29 is 10.2 Å². The lowest BCUT2D eigenvalue weighted by Crippen LogP contribution is -2.47. The van der Waals surface area contributed by atoms with E-state index < -0.39 is 17.7 Å². The van der Waals surface area contributed by atoms with Gasteiger partial charge in [-0.25, -0.2) is 0 Å². The van der Waals surface area contributed by atoms with Crippen LogP contribution in [0.4, 0.5) is 0 Å². The molecule has 60 valence electrons. The van der Waals surface area contributed by atoms with Crippen LogP contribution in [0.25, 0.3) is 0 Å². The summed E-state index contributed by atoms with van der Waals surface area (Å²) in [6.07, 6.45) is -1.28. The summed E-state index contributed by atoms with van der Waals surface area (Å²) in [6.45, 7) is 1.69. The topological polar surface area (TPSA) is 92.5 Å². The maximum Gasteiger partial charge on any atom is 0.0991 e. The molecule has 0 aromatic carbocycles. The Bertz CT molecular complexity index is 138. The van der Waals surface area contributed by atoms with E-state index in [0.29, 0.717) is 6.42 Å². The molecule has 0 saturated heterocycles. The molecule has 1 rings (SSSR count). The third-order valence-corrected chi connectivity index (χ3v) is 2.11. The first kappa shape index (κ1) is 7.94. The highest BCUT2D eigenvalue weighted by Crippen LogP contribution is 2.26. The van der Waals surface area contributed by atoms with E-state index in [9.17, 15) is 5.11 Å². The van der Waals surface area contributed by atoms with Gasteiger partial charge in [-0.1, -0.05) is 0 Å². The van der Waals surface area contributed by atoms with E-state index in [1.807, 2.05) is 0 Å². The molecule has 0 spiro atoms. The zero-order chi connectivity index (χ0) is 7.94. The second-order valence-electron chi connectivity index (χ2n) is 3.31. The molecule has 0 heterocycles. The molecule has 3 unspecified atom stereocenters. The summed E-state index contributed by atoms with van der Waals surface area (Å²) < 4.78 is 0. The molecule has 0 aliphatic heterocycles. The van der Waals surface area contributed by atoms with E-state index >= 15 is 0 Å². The van der Waals surface area contributed by atoms with Crippen LogP contribution in [0, 0.1) is 0 Å². The van der Waals surface area contributed by atoms with Gasteiger partial charge in [-0.2, -0.15) is 0 Å². The van der Waals surface area contributed by atoms with Crippen LogP contribution in [0.1, 0.15) is 13.3 Å². The molecule has 4 nitrogen and oxygen atoms in total. The second-order valence-corrected chi connectivity index (χ2v) is 3.31. The van der Waals surface area contributed by atoms with E-state index in [-0.39, 0.29) is 6.04 Å². The van der Waals surface area contributed by atoms with Crippen LogP contribution in [0.3, 0.4) is 0 Å². The largest absolute Gasteiger partial charge is 0.389 e. The number of hydrogen-bond donors (Lipinski definition) is 4. The maximum absolute atomic E-state index is 9.24. The fraction of sp³-hybridized carbons (Fsp3) is 1.00. The van der Waals surface area contributed by atoms with Gasteiger partial charge in [0.05, 0.1) is 12.2 Å². The highest BCUT2D eigenvalue weighted by atomic mass is 16.3. The average molecular weight is 146 g/mol. The minimum absolute atomic E-state index is 0.384. The molecule has 0 radical (unpaired) electrons. The standard InChI is InChI=1S/C6H14N2O2/c1-6(8)2-3(7)4(9)5(6)10/h3-5,9-10H,2,7-8H2,1H3/t3?,4?,5?,6-/m0/s1. The van der Waals surface area contributed by atoms with E-state index in [1.165, 1.54) is 0 Å². The van der Waals surface area contributed by atoms with Crippen molar-refractivity contribution in [3.8, 4) is 0 Å². The lowest BCUT2D eigenvalue weighted by molar-refractivity contribution is 0.0106. The zero-order valence-electron chi connectivity index (χ0n) is 5.99. The van der Waals surface area contributed by atoms with Crippen LogP contribution in [0.2, 0.25) is 0 Å². The van der Waals surface area contributed by atoms with Crippen molar-refractivity contribution in [1.29, 1.82) is 0 Å². The Morgan fingerprint density at radius 2 is 2.00 bits per heavy atom. The third-order valence-electron chi connectivity index (χ3n) is 2.11. The predicted molar refractivity (Wildman–Crippen MR) is 37.2 cm³/mol. The van der Waals surface area contributed by atoms with Gasteiger partial charge in [0.1, 0.15) is 0 Å². The van der Waals surface area contributed by atoms with Crippen LogP contribution in [0.15, 0.2) is 0 Å².